The number of rotatable bonds is 8. The Morgan fingerprint density at radius 1 is 1.04 bits per heavy atom. The second-order valence-corrected chi connectivity index (χ2v) is 6.44. The van der Waals surface area contributed by atoms with E-state index in [1.807, 2.05) is 31.2 Å². The van der Waals surface area contributed by atoms with Crippen molar-refractivity contribution in [3.63, 3.8) is 0 Å². The minimum absolute atomic E-state index is 0.247. The molecule has 0 saturated carbocycles. The van der Waals surface area contributed by atoms with Crippen molar-refractivity contribution in [1.82, 2.24) is 9.97 Å². The Kier molecular flexibility index (Phi) is 6.81. The number of benzene rings is 2. The van der Waals surface area contributed by atoms with Gasteiger partial charge in [0.2, 0.25) is 0 Å². The molecule has 28 heavy (non-hydrogen) atoms. The lowest BCUT2D eigenvalue weighted by Gasteiger charge is -2.08. The van der Waals surface area contributed by atoms with Crippen LogP contribution >= 0.6 is 11.6 Å². The third-order valence-corrected chi connectivity index (χ3v) is 4.19. The SMILES string of the molecule is CCOc1ccc(NC(=O)c2cnc(NCCc3ccc(Cl)cc3)cn2)cc1. The van der Waals surface area contributed by atoms with E-state index < -0.39 is 0 Å². The molecule has 6 nitrogen and oxygen atoms in total. The van der Waals surface area contributed by atoms with E-state index in [2.05, 4.69) is 20.6 Å². The van der Waals surface area contributed by atoms with E-state index in [0.29, 0.717) is 24.7 Å². The predicted molar refractivity (Wildman–Crippen MR) is 111 cm³/mol. The van der Waals surface area contributed by atoms with E-state index in [1.165, 1.54) is 11.8 Å². The van der Waals surface area contributed by atoms with Gasteiger partial charge >= 0.3 is 0 Å². The second kappa shape index (κ2) is 9.71. The average Bonchev–Trinajstić information content (AvgIpc) is 2.72. The maximum atomic E-state index is 12.3. The molecule has 0 aliphatic heterocycles. The highest BCUT2D eigenvalue weighted by Gasteiger charge is 2.08. The summed E-state index contributed by atoms with van der Waals surface area (Å²) < 4.78 is 5.38. The molecule has 2 aromatic carbocycles. The van der Waals surface area contributed by atoms with Crippen LogP contribution in [0.15, 0.2) is 60.9 Å². The number of carbonyl (C=O) groups is 1. The summed E-state index contributed by atoms with van der Waals surface area (Å²) in [5.74, 6) is 1.06. The normalized spacial score (nSPS) is 10.4. The Morgan fingerprint density at radius 2 is 1.79 bits per heavy atom. The Bertz CT molecular complexity index is 897. The Hall–Kier alpha value is -3.12. The Labute approximate surface area is 168 Å². The third-order valence-electron chi connectivity index (χ3n) is 3.94. The van der Waals surface area contributed by atoms with Crippen LogP contribution in [0.5, 0.6) is 5.75 Å². The van der Waals surface area contributed by atoms with Crippen LogP contribution < -0.4 is 15.4 Å². The molecule has 0 aliphatic carbocycles. The Balaban J connectivity index is 1.50. The van der Waals surface area contributed by atoms with Crippen molar-refractivity contribution in [2.45, 2.75) is 13.3 Å². The van der Waals surface area contributed by atoms with Crippen molar-refractivity contribution in [2.24, 2.45) is 0 Å². The van der Waals surface area contributed by atoms with Gasteiger partial charge in [0.15, 0.2) is 0 Å². The lowest BCUT2D eigenvalue weighted by Crippen LogP contribution is -2.15. The summed E-state index contributed by atoms with van der Waals surface area (Å²) in [6.45, 7) is 3.22. The van der Waals surface area contributed by atoms with Gasteiger partial charge in [-0.05, 0) is 55.3 Å². The van der Waals surface area contributed by atoms with Gasteiger partial charge in [0.1, 0.15) is 17.3 Å². The van der Waals surface area contributed by atoms with Crippen LogP contribution in [0.25, 0.3) is 0 Å². The summed E-state index contributed by atoms with van der Waals surface area (Å²) in [7, 11) is 0. The molecule has 144 valence electrons. The molecule has 0 radical (unpaired) electrons. The summed E-state index contributed by atoms with van der Waals surface area (Å²) >= 11 is 5.88. The largest absolute Gasteiger partial charge is 0.494 e. The number of hydrogen-bond acceptors (Lipinski definition) is 5. The minimum Gasteiger partial charge on any atom is -0.494 e. The highest BCUT2D eigenvalue weighted by molar-refractivity contribution is 6.30. The summed E-state index contributed by atoms with van der Waals surface area (Å²) in [5, 5.41) is 6.70. The first kappa shape index (κ1) is 19.6. The topological polar surface area (TPSA) is 76.1 Å². The van der Waals surface area contributed by atoms with Crippen LogP contribution in [0.2, 0.25) is 5.02 Å². The molecule has 0 bridgehead atoms. The van der Waals surface area contributed by atoms with Crippen molar-refractivity contribution in [2.75, 3.05) is 23.8 Å². The zero-order valence-electron chi connectivity index (χ0n) is 15.5. The monoisotopic (exact) mass is 396 g/mol. The number of ether oxygens (including phenoxy) is 1. The average molecular weight is 397 g/mol. The number of aromatic nitrogens is 2. The quantitative estimate of drug-likeness (QED) is 0.588. The van der Waals surface area contributed by atoms with Gasteiger partial charge in [0.25, 0.3) is 5.91 Å². The number of carbonyl (C=O) groups excluding carboxylic acids is 1. The molecule has 3 rings (SSSR count). The number of nitrogens with zero attached hydrogens (tertiary/aromatic N) is 2. The molecular formula is C21H21ClN4O2. The van der Waals surface area contributed by atoms with E-state index in [4.69, 9.17) is 16.3 Å². The molecular weight excluding hydrogens is 376 g/mol. The molecule has 0 aliphatic rings. The lowest BCUT2D eigenvalue weighted by molar-refractivity contribution is 0.102. The fourth-order valence-corrected chi connectivity index (χ4v) is 2.64. The third kappa shape index (κ3) is 5.69. The minimum atomic E-state index is -0.315. The highest BCUT2D eigenvalue weighted by atomic mass is 35.5. The molecule has 0 saturated heterocycles. The fraction of sp³-hybridized carbons (Fsp3) is 0.190. The van der Waals surface area contributed by atoms with Crippen LogP contribution in [-0.2, 0) is 6.42 Å². The molecule has 0 fully saturated rings. The van der Waals surface area contributed by atoms with Crippen LogP contribution in [0.1, 0.15) is 23.0 Å². The summed E-state index contributed by atoms with van der Waals surface area (Å²) in [6, 6.07) is 14.9. The van der Waals surface area contributed by atoms with Gasteiger partial charge in [-0.3, -0.25) is 4.79 Å². The van der Waals surface area contributed by atoms with Gasteiger partial charge in [-0.2, -0.15) is 0 Å². The van der Waals surface area contributed by atoms with Gasteiger partial charge in [0, 0.05) is 17.3 Å². The molecule has 2 N–H and O–H groups in total. The van der Waals surface area contributed by atoms with E-state index in [1.54, 1.807) is 30.5 Å². The number of hydrogen-bond donors (Lipinski definition) is 2. The van der Waals surface area contributed by atoms with Crippen LogP contribution in [-0.4, -0.2) is 29.0 Å². The number of halogens is 1. The molecule has 3 aromatic rings. The highest BCUT2D eigenvalue weighted by Crippen LogP contribution is 2.16. The Morgan fingerprint density at radius 3 is 2.43 bits per heavy atom. The number of anilines is 2. The molecule has 1 heterocycles. The van der Waals surface area contributed by atoms with Crippen molar-refractivity contribution >= 4 is 29.0 Å². The zero-order valence-corrected chi connectivity index (χ0v) is 16.2. The standard InChI is InChI=1S/C21H21ClN4O2/c1-2-28-18-9-7-17(8-10-18)26-21(27)19-13-25-20(14-24-19)23-12-11-15-3-5-16(22)6-4-15/h3-10,13-14H,2,11-12H2,1H3,(H,23,25)(H,26,27). The van der Waals surface area contributed by atoms with Crippen molar-refractivity contribution in [3.8, 4) is 5.75 Å². The predicted octanol–water partition coefficient (Wildman–Crippen LogP) is 4.44. The zero-order chi connectivity index (χ0) is 19.8. The van der Waals surface area contributed by atoms with Gasteiger partial charge in [-0.25, -0.2) is 9.97 Å². The van der Waals surface area contributed by atoms with Crippen LogP contribution in [0.4, 0.5) is 11.5 Å². The summed E-state index contributed by atoms with van der Waals surface area (Å²) in [5.41, 5.74) is 2.09. The van der Waals surface area contributed by atoms with Gasteiger partial charge in [0.05, 0.1) is 19.0 Å². The second-order valence-electron chi connectivity index (χ2n) is 6.00. The van der Waals surface area contributed by atoms with Crippen LogP contribution in [0, 0.1) is 0 Å². The molecule has 7 heteroatoms. The van der Waals surface area contributed by atoms with Gasteiger partial charge < -0.3 is 15.4 Å². The van der Waals surface area contributed by atoms with Crippen molar-refractivity contribution in [3.05, 3.63) is 77.2 Å². The van der Waals surface area contributed by atoms with E-state index in [-0.39, 0.29) is 11.6 Å². The molecule has 1 amide bonds. The number of nitrogens with one attached hydrogen (secondary N) is 2. The van der Waals surface area contributed by atoms with E-state index in [0.717, 1.165) is 17.2 Å². The van der Waals surface area contributed by atoms with Gasteiger partial charge in [-0.1, -0.05) is 23.7 Å². The molecule has 0 atom stereocenters. The molecule has 0 spiro atoms. The van der Waals surface area contributed by atoms with Crippen molar-refractivity contribution in [1.29, 1.82) is 0 Å². The maximum absolute atomic E-state index is 12.3. The lowest BCUT2D eigenvalue weighted by atomic mass is 10.1. The first-order valence-corrected chi connectivity index (χ1v) is 9.36. The van der Waals surface area contributed by atoms with Crippen LogP contribution in [0.3, 0.4) is 0 Å². The fourth-order valence-electron chi connectivity index (χ4n) is 2.52. The smallest absolute Gasteiger partial charge is 0.275 e. The first-order valence-electron chi connectivity index (χ1n) is 8.98. The number of amides is 1. The van der Waals surface area contributed by atoms with E-state index in [9.17, 15) is 4.79 Å². The first-order chi connectivity index (χ1) is 13.6. The molecule has 0 unspecified atom stereocenters. The van der Waals surface area contributed by atoms with Gasteiger partial charge in [-0.15, -0.1) is 0 Å². The van der Waals surface area contributed by atoms with E-state index >= 15 is 0 Å². The van der Waals surface area contributed by atoms with Crippen molar-refractivity contribution < 1.29 is 9.53 Å². The summed E-state index contributed by atoms with van der Waals surface area (Å²) in [6.07, 6.45) is 3.84. The molecule has 1 aromatic heterocycles. The summed E-state index contributed by atoms with van der Waals surface area (Å²) in [4.78, 5) is 20.7. The maximum Gasteiger partial charge on any atom is 0.275 e.